The highest BCUT2D eigenvalue weighted by atomic mass is 16.5. The van der Waals surface area contributed by atoms with Crippen LogP contribution in [0, 0.1) is 6.92 Å². The van der Waals surface area contributed by atoms with Crippen molar-refractivity contribution in [2.75, 3.05) is 37.9 Å². The number of aromatic nitrogens is 3. The van der Waals surface area contributed by atoms with Crippen molar-refractivity contribution < 1.29 is 19.1 Å². The van der Waals surface area contributed by atoms with E-state index in [1.165, 1.54) is 10.9 Å². The molecule has 0 fully saturated rings. The number of hydrogen-bond acceptors (Lipinski definition) is 7. The molecule has 3 N–H and O–H groups in total. The Morgan fingerprint density at radius 1 is 1.21 bits per heavy atom. The first-order chi connectivity index (χ1) is 15.9. The van der Waals surface area contributed by atoms with Crippen molar-refractivity contribution in [1.29, 1.82) is 0 Å². The molecule has 2 heterocycles. The van der Waals surface area contributed by atoms with Gasteiger partial charge < -0.3 is 25.4 Å². The van der Waals surface area contributed by atoms with E-state index in [-0.39, 0.29) is 31.6 Å². The number of benzene rings is 1. The number of amides is 2. The van der Waals surface area contributed by atoms with Crippen LogP contribution in [0.25, 0.3) is 0 Å². The molecular weight excluding hydrogens is 424 g/mol. The van der Waals surface area contributed by atoms with E-state index in [1.54, 1.807) is 36.5 Å². The molecule has 2 amide bonds. The van der Waals surface area contributed by atoms with Gasteiger partial charge in [0.05, 0.1) is 25.0 Å². The molecule has 2 aromatic heterocycles. The number of hydrogen-bond donors (Lipinski definition) is 2. The Labute approximate surface area is 192 Å². The molecule has 0 saturated heterocycles. The molecule has 0 bridgehead atoms. The molecule has 0 unspecified atom stereocenters. The zero-order chi connectivity index (χ0) is 23.6. The normalized spacial score (nSPS) is 10.6. The topological polar surface area (TPSA) is 125 Å². The van der Waals surface area contributed by atoms with Gasteiger partial charge in [0.25, 0.3) is 0 Å². The first-order valence-corrected chi connectivity index (χ1v) is 10.4. The van der Waals surface area contributed by atoms with Gasteiger partial charge in [0.1, 0.15) is 31.3 Å². The van der Waals surface area contributed by atoms with E-state index in [4.69, 9.17) is 15.2 Å². The predicted octanol–water partition coefficient (Wildman–Crippen LogP) is 1.86. The first kappa shape index (κ1) is 23.7. The number of ether oxygens (including phenoxy) is 2. The highest BCUT2D eigenvalue weighted by Crippen LogP contribution is 2.11. The number of nitrogens with zero attached hydrogens (tertiary/aromatic N) is 4. The number of aryl methyl sites for hydroxylation is 1. The summed E-state index contributed by atoms with van der Waals surface area (Å²) in [7, 11) is 1.71. The van der Waals surface area contributed by atoms with Crippen LogP contribution in [-0.4, -0.2) is 58.3 Å². The molecule has 1 aromatic carbocycles. The summed E-state index contributed by atoms with van der Waals surface area (Å²) in [5.41, 5.74) is 8.09. The molecule has 0 atom stereocenters. The zero-order valence-corrected chi connectivity index (χ0v) is 18.7. The third kappa shape index (κ3) is 7.62. The van der Waals surface area contributed by atoms with Crippen LogP contribution in [0.4, 0.5) is 11.5 Å². The fourth-order valence-corrected chi connectivity index (χ4v) is 2.86. The van der Waals surface area contributed by atoms with E-state index in [9.17, 15) is 9.59 Å². The summed E-state index contributed by atoms with van der Waals surface area (Å²) >= 11 is 0. The Kier molecular flexibility index (Phi) is 8.36. The van der Waals surface area contributed by atoms with E-state index < -0.39 is 0 Å². The summed E-state index contributed by atoms with van der Waals surface area (Å²) in [5.74, 6) is 0.673. The van der Waals surface area contributed by atoms with Crippen molar-refractivity contribution in [1.82, 2.24) is 19.7 Å². The van der Waals surface area contributed by atoms with Gasteiger partial charge >= 0.3 is 0 Å². The molecule has 3 aromatic rings. The van der Waals surface area contributed by atoms with Crippen LogP contribution in [0.1, 0.15) is 11.1 Å². The molecule has 174 valence electrons. The van der Waals surface area contributed by atoms with Crippen LogP contribution in [0.2, 0.25) is 0 Å². The number of rotatable bonds is 11. The smallest absolute Gasteiger partial charge is 0.250 e. The monoisotopic (exact) mass is 452 g/mol. The summed E-state index contributed by atoms with van der Waals surface area (Å²) in [6.45, 7) is 2.92. The Morgan fingerprint density at radius 2 is 2.00 bits per heavy atom. The summed E-state index contributed by atoms with van der Waals surface area (Å²) in [6.07, 6.45) is 4.65. The van der Waals surface area contributed by atoms with Gasteiger partial charge in [-0.25, -0.2) is 4.98 Å². The third-order valence-corrected chi connectivity index (χ3v) is 4.77. The number of carbonyl (C=O) groups excluding carboxylic acids is 2. The molecule has 10 heteroatoms. The Bertz CT molecular complexity index is 1070. The van der Waals surface area contributed by atoms with Gasteiger partial charge in [0.2, 0.25) is 11.8 Å². The zero-order valence-electron chi connectivity index (χ0n) is 18.7. The molecule has 0 spiro atoms. The predicted molar refractivity (Wildman–Crippen MR) is 123 cm³/mol. The molecule has 0 radical (unpaired) electrons. The van der Waals surface area contributed by atoms with Crippen molar-refractivity contribution in [2.24, 2.45) is 0 Å². The lowest BCUT2D eigenvalue weighted by molar-refractivity contribution is -0.131. The summed E-state index contributed by atoms with van der Waals surface area (Å²) in [6, 6.07) is 11.3. The minimum atomic E-state index is -0.339. The second kappa shape index (κ2) is 11.6. The summed E-state index contributed by atoms with van der Waals surface area (Å²) < 4.78 is 12.5. The number of nitrogens with two attached hydrogens (primary N) is 1. The molecule has 0 aliphatic rings. The number of nitrogens with one attached hydrogen (secondary N) is 1. The van der Waals surface area contributed by atoms with E-state index in [2.05, 4.69) is 15.4 Å². The quantitative estimate of drug-likeness (QED) is 0.455. The van der Waals surface area contributed by atoms with Crippen LogP contribution >= 0.6 is 0 Å². The van der Waals surface area contributed by atoms with Gasteiger partial charge in [-0.3, -0.25) is 14.3 Å². The fraction of sp³-hybridized carbons (Fsp3) is 0.304. The summed E-state index contributed by atoms with van der Waals surface area (Å²) in [4.78, 5) is 30.0. The van der Waals surface area contributed by atoms with Crippen molar-refractivity contribution in [3.05, 3.63) is 66.1 Å². The molecular formula is C23H28N6O4. The number of anilines is 2. The minimum Gasteiger partial charge on any atom is -0.492 e. The maximum atomic E-state index is 12.4. The van der Waals surface area contributed by atoms with Crippen molar-refractivity contribution in [2.45, 2.75) is 20.1 Å². The highest BCUT2D eigenvalue weighted by molar-refractivity contribution is 5.91. The van der Waals surface area contributed by atoms with E-state index in [1.807, 2.05) is 31.2 Å². The van der Waals surface area contributed by atoms with Gasteiger partial charge in [-0.2, -0.15) is 5.10 Å². The van der Waals surface area contributed by atoms with Gasteiger partial charge in [0, 0.05) is 25.0 Å². The number of carbonyl (C=O) groups is 2. The number of likely N-dealkylation sites (N-methyl/N-ethyl adjacent to an activating group) is 1. The Morgan fingerprint density at radius 3 is 2.76 bits per heavy atom. The van der Waals surface area contributed by atoms with Crippen LogP contribution in [0.5, 0.6) is 5.75 Å². The van der Waals surface area contributed by atoms with E-state index in [0.29, 0.717) is 30.2 Å². The summed E-state index contributed by atoms with van der Waals surface area (Å²) in [5, 5.41) is 6.81. The standard InChI is InChI=1S/C23H28N6O4/c1-17-5-7-20(8-6-17)33-11-10-28(2)22(31)14-29-13-19(12-26-29)27-21(30)16-32-15-18-4-3-9-25-23(18)24/h3-9,12-13H,10-11,14-16H2,1-2H3,(H2,24,25)(H,27,30). The van der Waals surface area contributed by atoms with Crippen LogP contribution in [0.3, 0.4) is 0 Å². The lowest BCUT2D eigenvalue weighted by Crippen LogP contribution is -2.33. The molecule has 33 heavy (non-hydrogen) atoms. The Balaban J connectivity index is 1.37. The maximum absolute atomic E-state index is 12.4. The minimum absolute atomic E-state index is 0.0493. The van der Waals surface area contributed by atoms with Crippen LogP contribution in [-0.2, 0) is 27.5 Å². The van der Waals surface area contributed by atoms with Crippen molar-refractivity contribution >= 4 is 23.3 Å². The third-order valence-electron chi connectivity index (χ3n) is 4.77. The molecule has 0 aliphatic carbocycles. The Hall–Kier alpha value is -3.92. The van der Waals surface area contributed by atoms with E-state index in [0.717, 1.165) is 11.3 Å². The fourth-order valence-electron chi connectivity index (χ4n) is 2.86. The second-order valence-corrected chi connectivity index (χ2v) is 7.49. The molecule has 0 saturated carbocycles. The molecule has 3 rings (SSSR count). The number of pyridine rings is 1. The molecule has 10 nitrogen and oxygen atoms in total. The first-order valence-electron chi connectivity index (χ1n) is 10.4. The lowest BCUT2D eigenvalue weighted by atomic mass is 10.2. The average Bonchev–Trinajstić information content (AvgIpc) is 3.22. The maximum Gasteiger partial charge on any atom is 0.250 e. The van der Waals surface area contributed by atoms with E-state index >= 15 is 0 Å². The van der Waals surface area contributed by atoms with Gasteiger partial charge in [-0.15, -0.1) is 0 Å². The largest absolute Gasteiger partial charge is 0.492 e. The second-order valence-electron chi connectivity index (χ2n) is 7.49. The van der Waals surface area contributed by atoms with Crippen LogP contribution in [0.15, 0.2) is 55.0 Å². The highest BCUT2D eigenvalue weighted by Gasteiger charge is 2.12. The van der Waals surface area contributed by atoms with Crippen molar-refractivity contribution in [3.63, 3.8) is 0 Å². The van der Waals surface area contributed by atoms with Crippen LogP contribution < -0.4 is 15.8 Å². The SMILES string of the molecule is Cc1ccc(OCCN(C)C(=O)Cn2cc(NC(=O)COCc3cccnc3N)cn2)cc1. The van der Waals surface area contributed by atoms with Crippen molar-refractivity contribution in [3.8, 4) is 5.75 Å². The van der Waals surface area contributed by atoms with Gasteiger partial charge in [0.15, 0.2) is 0 Å². The average molecular weight is 453 g/mol. The van der Waals surface area contributed by atoms with Gasteiger partial charge in [-0.05, 0) is 25.1 Å². The molecule has 0 aliphatic heterocycles. The lowest BCUT2D eigenvalue weighted by Gasteiger charge is -2.17. The van der Waals surface area contributed by atoms with Gasteiger partial charge in [-0.1, -0.05) is 23.8 Å². The number of nitrogen functional groups attached to an aromatic ring is 1.